The molecular weight excluding hydrogens is 374 g/mol. The molecule has 1 aromatic heterocycles. The molecule has 0 saturated carbocycles. The number of nitro benzene ring substituents is 1. The first-order chi connectivity index (χ1) is 13.1. The Kier molecular flexibility index (Phi) is 5.67. The summed E-state index contributed by atoms with van der Waals surface area (Å²) in [4.78, 5) is 21.9. The fourth-order valence-electron chi connectivity index (χ4n) is 2.08. The maximum Gasteiger partial charge on any atom is 0.281 e. The van der Waals surface area contributed by atoms with Crippen molar-refractivity contribution in [3.05, 3.63) is 64.0 Å². The van der Waals surface area contributed by atoms with Crippen LogP contribution in [-0.2, 0) is 6.61 Å². The molecule has 3 rings (SSSR count). The van der Waals surface area contributed by atoms with E-state index in [2.05, 4.69) is 10.2 Å². The van der Waals surface area contributed by atoms with Crippen molar-refractivity contribution in [1.82, 2.24) is 10.2 Å². The van der Waals surface area contributed by atoms with Gasteiger partial charge in [0.1, 0.15) is 11.5 Å². The minimum absolute atomic E-state index is 0.0701. The Hall–Kier alpha value is -3.40. The molecule has 9 nitrogen and oxygen atoms in total. The molecule has 10 heteroatoms. The number of ether oxygens (including phenoxy) is 2. The number of nitro groups is 1. The SMILES string of the molecule is COc1ccc(OCc2nnc(Sc3ccc([N+](=O)[O-])cc3C=O)o2)cc1. The zero-order chi connectivity index (χ0) is 19.2. The van der Waals surface area contributed by atoms with E-state index in [0.29, 0.717) is 22.7 Å². The Morgan fingerprint density at radius 2 is 1.93 bits per heavy atom. The van der Waals surface area contributed by atoms with Gasteiger partial charge in [-0.2, -0.15) is 0 Å². The Morgan fingerprint density at radius 1 is 1.19 bits per heavy atom. The lowest BCUT2D eigenvalue weighted by molar-refractivity contribution is -0.384. The smallest absolute Gasteiger partial charge is 0.281 e. The van der Waals surface area contributed by atoms with Gasteiger partial charge in [0.2, 0.25) is 0 Å². The molecule has 2 aromatic carbocycles. The van der Waals surface area contributed by atoms with E-state index in [-0.39, 0.29) is 29.0 Å². The number of methoxy groups -OCH3 is 1. The highest BCUT2D eigenvalue weighted by Gasteiger charge is 2.15. The fraction of sp³-hybridized carbons (Fsp3) is 0.118. The van der Waals surface area contributed by atoms with Crippen LogP contribution in [0.3, 0.4) is 0 Å². The van der Waals surface area contributed by atoms with Gasteiger partial charge in [0.05, 0.1) is 12.0 Å². The minimum atomic E-state index is -0.567. The standard InChI is InChI=1S/C17H13N3O6S/c1-24-13-3-5-14(6-4-13)25-10-16-18-19-17(26-16)27-15-7-2-12(20(22)23)8-11(15)9-21/h2-9H,10H2,1H3. The summed E-state index contributed by atoms with van der Waals surface area (Å²) in [6.07, 6.45) is 0.541. The lowest BCUT2D eigenvalue weighted by atomic mass is 10.2. The minimum Gasteiger partial charge on any atom is -0.497 e. The molecule has 3 aromatic rings. The predicted molar refractivity (Wildman–Crippen MR) is 94.2 cm³/mol. The fourth-order valence-corrected chi connectivity index (χ4v) is 2.85. The van der Waals surface area contributed by atoms with Crippen LogP contribution in [0.25, 0.3) is 0 Å². The Bertz CT molecular complexity index is 958. The molecule has 0 saturated heterocycles. The average Bonchev–Trinajstić information content (AvgIpc) is 3.14. The monoisotopic (exact) mass is 387 g/mol. The average molecular weight is 387 g/mol. The molecule has 0 spiro atoms. The second-order valence-corrected chi connectivity index (χ2v) is 6.12. The number of carbonyl (C=O) groups is 1. The molecule has 0 aliphatic carbocycles. The molecule has 0 aliphatic heterocycles. The third kappa shape index (κ3) is 4.61. The normalized spacial score (nSPS) is 10.4. The van der Waals surface area contributed by atoms with Crippen LogP contribution in [0, 0.1) is 10.1 Å². The van der Waals surface area contributed by atoms with Gasteiger partial charge in [0.15, 0.2) is 12.9 Å². The maximum absolute atomic E-state index is 11.2. The first-order valence-electron chi connectivity index (χ1n) is 7.59. The van der Waals surface area contributed by atoms with Crippen molar-refractivity contribution in [2.45, 2.75) is 16.7 Å². The van der Waals surface area contributed by atoms with Gasteiger partial charge in [0.25, 0.3) is 16.8 Å². The maximum atomic E-state index is 11.2. The second-order valence-electron chi connectivity index (χ2n) is 5.13. The summed E-state index contributed by atoms with van der Waals surface area (Å²) >= 11 is 1.04. The number of rotatable bonds is 8. The van der Waals surface area contributed by atoms with Crippen LogP contribution in [0.5, 0.6) is 11.5 Å². The van der Waals surface area contributed by atoms with Crippen LogP contribution in [0.15, 0.2) is 57.0 Å². The van der Waals surface area contributed by atoms with Gasteiger partial charge in [-0.15, -0.1) is 10.2 Å². The lowest BCUT2D eigenvalue weighted by Crippen LogP contribution is -1.95. The molecule has 0 fully saturated rings. The summed E-state index contributed by atoms with van der Waals surface area (Å²) in [7, 11) is 1.58. The van der Waals surface area contributed by atoms with Gasteiger partial charge in [-0.3, -0.25) is 14.9 Å². The first kappa shape index (κ1) is 18.4. The van der Waals surface area contributed by atoms with Gasteiger partial charge in [-0.05, 0) is 42.1 Å². The molecule has 1 heterocycles. The van der Waals surface area contributed by atoms with E-state index in [1.54, 1.807) is 31.4 Å². The number of hydrogen-bond acceptors (Lipinski definition) is 9. The highest BCUT2D eigenvalue weighted by molar-refractivity contribution is 7.99. The van der Waals surface area contributed by atoms with E-state index in [1.165, 1.54) is 18.2 Å². The Labute approximate surface area is 157 Å². The van der Waals surface area contributed by atoms with E-state index in [9.17, 15) is 14.9 Å². The molecule has 138 valence electrons. The van der Waals surface area contributed by atoms with Crippen molar-refractivity contribution >= 4 is 23.7 Å². The largest absolute Gasteiger partial charge is 0.497 e. The summed E-state index contributed by atoms with van der Waals surface area (Å²) in [6.45, 7) is 0.0701. The number of aldehydes is 1. The molecule has 0 unspecified atom stereocenters. The van der Waals surface area contributed by atoms with Crippen molar-refractivity contribution in [1.29, 1.82) is 0 Å². The van der Waals surface area contributed by atoms with Crippen LogP contribution in [0.4, 0.5) is 5.69 Å². The highest BCUT2D eigenvalue weighted by Crippen LogP contribution is 2.31. The van der Waals surface area contributed by atoms with E-state index >= 15 is 0 Å². The van der Waals surface area contributed by atoms with Gasteiger partial charge in [-0.25, -0.2) is 0 Å². The molecule has 27 heavy (non-hydrogen) atoms. The number of carbonyl (C=O) groups excluding carboxylic acids is 1. The topological polar surface area (TPSA) is 118 Å². The molecule has 0 N–H and O–H groups in total. The third-order valence-electron chi connectivity index (χ3n) is 3.40. The zero-order valence-corrected chi connectivity index (χ0v) is 14.8. The Morgan fingerprint density at radius 3 is 2.59 bits per heavy atom. The summed E-state index contributed by atoms with van der Waals surface area (Å²) < 4.78 is 16.1. The summed E-state index contributed by atoms with van der Waals surface area (Å²) in [5.74, 6) is 1.58. The lowest BCUT2D eigenvalue weighted by Gasteiger charge is -2.04. The number of hydrogen-bond donors (Lipinski definition) is 0. The highest BCUT2D eigenvalue weighted by atomic mass is 32.2. The van der Waals surface area contributed by atoms with E-state index in [0.717, 1.165) is 11.8 Å². The quantitative estimate of drug-likeness (QED) is 0.325. The molecule has 0 amide bonds. The van der Waals surface area contributed by atoms with Crippen LogP contribution < -0.4 is 9.47 Å². The number of aromatic nitrogens is 2. The van der Waals surface area contributed by atoms with E-state index in [1.807, 2.05) is 0 Å². The summed E-state index contributed by atoms with van der Waals surface area (Å²) in [5.41, 5.74) is 0.00370. The number of non-ortho nitro benzene ring substituents is 1. The van der Waals surface area contributed by atoms with Crippen LogP contribution in [0.2, 0.25) is 0 Å². The van der Waals surface area contributed by atoms with Crippen molar-refractivity contribution in [3.63, 3.8) is 0 Å². The molecule has 0 aliphatic rings. The summed E-state index contributed by atoms with van der Waals surface area (Å²) in [5, 5.41) is 18.7. The third-order valence-corrected chi connectivity index (χ3v) is 4.33. The van der Waals surface area contributed by atoms with Gasteiger partial charge in [-0.1, -0.05) is 0 Å². The van der Waals surface area contributed by atoms with Crippen molar-refractivity contribution in [2.24, 2.45) is 0 Å². The zero-order valence-electron chi connectivity index (χ0n) is 14.0. The van der Waals surface area contributed by atoms with Gasteiger partial charge in [0, 0.05) is 22.6 Å². The molecular formula is C17H13N3O6S. The second kappa shape index (κ2) is 8.32. The number of nitrogens with zero attached hydrogens (tertiary/aromatic N) is 3. The number of benzene rings is 2. The van der Waals surface area contributed by atoms with Gasteiger partial charge < -0.3 is 13.9 Å². The van der Waals surface area contributed by atoms with E-state index < -0.39 is 4.92 Å². The van der Waals surface area contributed by atoms with Gasteiger partial charge >= 0.3 is 0 Å². The molecule has 0 radical (unpaired) electrons. The van der Waals surface area contributed by atoms with Crippen molar-refractivity contribution < 1.29 is 23.6 Å². The van der Waals surface area contributed by atoms with Crippen LogP contribution >= 0.6 is 11.8 Å². The van der Waals surface area contributed by atoms with Crippen molar-refractivity contribution in [3.8, 4) is 11.5 Å². The molecule has 0 atom stereocenters. The van der Waals surface area contributed by atoms with Crippen molar-refractivity contribution in [2.75, 3.05) is 7.11 Å². The first-order valence-corrected chi connectivity index (χ1v) is 8.41. The summed E-state index contributed by atoms with van der Waals surface area (Å²) in [6, 6.07) is 11.0. The van der Waals surface area contributed by atoms with Crippen LogP contribution in [0.1, 0.15) is 16.2 Å². The van der Waals surface area contributed by atoms with Crippen LogP contribution in [-0.4, -0.2) is 28.5 Å². The Balaban J connectivity index is 1.65. The molecule has 0 bridgehead atoms. The predicted octanol–water partition coefficient (Wildman–Crippen LogP) is 3.53. The van der Waals surface area contributed by atoms with E-state index in [4.69, 9.17) is 13.9 Å².